The van der Waals surface area contributed by atoms with Gasteiger partial charge in [0.05, 0.1) is 0 Å². The van der Waals surface area contributed by atoms with Gasteiger partial charge in [0.1, 0.15) is 0 Å². The smallest absolute Gasteiger partial charge is 0.225 e. The van der Waals surface area contributed by atoms with Crippen LogP contribution in [0.25, 0.3) is 0 Å². The Labute approximate surface area is 119 Å². The van der Waals surface area contributed by atoms with E-state index in [9.17, 15) is 9.59 Å². The number of carbonyl (C=O) groups excluding carboxylic acids is 2. The third kappa shape index (κ3) is 4.66. The summed E-state index contributed by atoms with van der Waals surface area (Å²) in [7, 11) is 0. The second-order valence-corrected chi connectivity index (χ2v) is 5.11. The number of hydrogen-bond donors (Lipinski definition) is 2. The fraction of sp³-hybridized carbons (Fsp3) is 0.467. The molecule has 0 aromatic heterocycles. The van der Waals surface area contributed by atoms with Gasteiger partial charge in [-0.15, -0.1) is 0 Å². The lowest BCUT2D eigenvalue weighted by Gasteiger charge is -2.14. The number of carbonyl (C=O) groups is 2. The first-order valence-electron chi connectivity index (χ1n) is 7.03. The molecule has 1 heterocycles. The Morgan fingerprint density at radius 1 is 1.15 bits per heavy atom. The Bertz CT molecular complexity index is 482. The number of amides is 2. The molecule has 0 aliphatic carbocycles. The zero-order valence-corrected chi connectivity index (χ0v) is 11.8. The Balaban J connectivity index is 1.82. The molecule has 1 aliphatic rings. The minimum Gasteiger partial charge on any atom is -0.326 e. The molecule has 0 bridgehead atoms. The maximum absolute atomic E-state index is 11.9. The van der Waals surface area contributed by atoms with Crippen molar-refractivity contribution in [2.75, 3.05) is 30.3 Å². The molecule has 5 heteroatoms. The number of rotatable bonds is 5. The molecular formula is C15H21N3O2. The second-order valence-electron chi connectivity index (χ2n) is 5.11. The van der Waals surface area contributed by atoms with Crippen molar-refractivity contribution in [3.63, 3.8) is 0 Å². The highest BCUT2D eigenvalue weighted by Gasteiger charge is 2.12. The first-order valence-corrected chi connectivity index (χ1v) is 7.03. The van der Waals surface area contributed by atoms with Crippen molar-refractivity contribution in [1.29, 1.82) is 0 Å². The molecule has 2 N–H and O–H groups in total. The first-order chi connectivity index (χ1) is 9.63. The number of hydrogen-bond acceptors (Lipinski definition) is 3. The van der Waals surface area contributed by atoms with Gasteiger partial charge < -0.3 is 15.5 Å². The van der Waals surface area contributed by atoms with Crippen molar-refractivity contribution >= 4 is 23.2 Å². The SMILES string of the molecule is CC(=O)Nc1cccc(NC(=O)CCN2CCCC2)c1. The highest BCUT2D eigenvalue weighted by atomic mass is 16.2. The van der Waals surface area contributed by atoms with Crippen molar-refractivity contribution < 1.29 is 9.59 Å². The zero-order valence-electron chi connectivity index (χ0n) is 11.8. The predicted molar refractivity (Wildman–Crippen MR) is 79.7 cm³/mol. The summed E-state index contributed by atoms with van der Waals surface area (Å²) < 4.78 is 0. The van der Waals surface area contributed by atoms with Crippen LogP contribution in [0.5, 0.6) is 0 Å². The molecule has 0 radical (unpaired) electrons. The minimum absolute atomic E-state index is 0.0110. The molecule has 0 spiro atoms. The van der Waals surface area contributed by atoms with Crippen LogP contribution >= 0.6 is 0 Å². The monoisotopic (exact) mass is 275 g/mol. The van der Waals surface area contributed by atoms with Gasteiger partial charge in [-0.3, -0.25) is 9.59 Å². The van der Waals surface area contributed by atoms with Crippen LogP contribution in [-0.2, 0) is 9.59 Å². The maximum atomic E-state index is 11.9. The van der Waals surface area contributed by atoms with Gasteiger partial charge in [0.25, 0.3) is 0 Å². The molecule has 1 saturated heterocycles. The van der Waals surface area contributed by atoms with Crippen molar-refractivity contribution in [1.82, 2.24) is 4.90 Å². The number of benzene rings is 1. The van der Waals surface area contributed by atoms with Gasteiger partial charge in [0.15, 0.2) is 0 Å². The van der Waals surface area contributed by atoms with E-state index in [4.69, 9.17) is 0 Å². The van der Waals surface area contributed by atoms with E-state index in [0.717, 1.165) is 19.6 Å². The lowest BCUT2D eigenvalue weighted by Crippen LogP contribution is -2.25. The summed E-state index contributed by atoms with van der Waals surface area (Å²) in [6.07, 6.45) is 2.98. The Kier molecular flexibility index (Phi) is 5.12. The number of nitrogens with one attached hydrogen (secondary N) is 2. The van der Waals surface area contributed by atoms with E-state index < -0.39 is 0 Å². The van der Waals surface area contributed by atoms with E-state index >= 15 is 0 Å². The zero-order chi connectivity index (χ0) is 14.4. The van der Waals surface area contributed by atoms with Gasteiger partial charge in [-0.05, 0) is 44.1 Å². The molecule has 0 saturated carbocycles. The Morgan fingerprint density at radius 2 is 1.80 bits per heavy atom. The van der Waals surface area contributed by atoms with Gasteiger partial charge in [0, 0.05) is 31.3 Å². The molecule has 0 unspecified atom stereocenters. The van der Waals surface area contributed by atoms with Crippen molar-refractivity contribution in [3.05, 3.63) is 24.3 Å². The average molecular weight is 275 g/mol. The molecule has 108 valence electrons. The first kappa shape index (κ1) is 14.5. The van der Waals surface area contributed by atoms with Gasteiger partial charge >= 0.3 is 0 Å². The van der Waals surface area contributed by atoms with Crippen LogP contribution < -0.4 is 10.6 Å². The highest BCUT2D eigenvalue weighted by Crippen LogP contribution is 2.15. The normalized spacial score (nSPS) is 15.1. The quantitative estimate of drug-likeness (QED) is 0.864. The fourth-order valence-corrected chi connectivity index (χ4v) is 2.37. The van der Waals surface area contributed by atoms with Crippen LogP contribution in [0.3, 0.4) is 0 Å². The van der Waals surface area contributed by atoms with Crippen molar-refractivity contribution in [3.8, 4) is 0 Å². The summed E-state index contributed by atoms with van der Waals surface area (Å²) >= 11 is 0. The van der Waals surface area contributed by atoms with E-state index in [1.807, 2.05) is 6.07 Å². The third-order valence-corrected chi connectivity index (χ3v) is 3.32. The standard InChI is InChI=1S/C15H21N3O2/c1-12(19)16-13-5-4-6-14(11-13)17-15(20)7-10-18-8-2-3-9-18/h4-6,11H,2-3,7-10H2,1H3,(H,16,19)(H,17,20). The molecule has 2 amide bonds. The summed E-state index contributed by atoms with van der Waals surface area (Å²) in [5.41, 5.74) is 1.40. The molecule has 1 aliphatic heterocycles. The van der Waals surface area contributed by atoms with Crippen LogP contribution in [0.2, 0.25) is 0 Å². The summed E-state index contributed by atoms with van der Waals surface area (Å²) in [5, 5.41) is 5.56. The summed E-state index contributed by atoms with van der Waals surface area (Å²) in [5.74, 6) is -0.112. The van der Waals surface area contributed by atoms with E-state index in [2.05, 4.69) is 15.5 Å². The van der Waals surface area contributed by atoms with Gasteiger partial charge in [0.2, 0.25) is 11.8 Å². The third-order valence-electron chi connectivity index (χ3n) is 3.32. The molecule has 1 aromatic rings. The molecular weight excluding hydrogens is 254 g/mol. The van der Waals surface area contributed by atoms with E-state index in [1.54, 1.807) is 18.2 Å². The second kappa shape index (κ2) is 7.05. The van der Waals surface area contributed by atoms with Crippen LogP contribution in [-0.4, -0.2) is 36.3 Å². The summed E-state index contributed by atoms with van der Waals surface area (Å²) in [6.45, 7) is 4.48. The molecule has 1 aromatic carbocycles. The van der Waals surface area contributed by atoms with E-state index in [-0.39, 0.29) is 11.8 Å². The fourth-order valence-electron chi connectivity index (χ4n) is 2.37. The van der Waals surface area contributed by atoms with Crippen LogP contribution in [0.4, 0.5) is 11.4 Å². The van der Waals surface area contributed by atoms with Crippen LogP contribution in [0, 0.1) is 0 Å². The Hall–Kier alpha value is -1.88. The van der Waals surface area contributed by atoms with Gasteiger partial charge in [-0.1, -0.05) is 6.07 Å². The van der Waals surface area contributed by atoms with E-state index in [1.165, 1.54) is 19.8 Å². The molecule has 2 rings (SSSR count). The molecule has 1 fully saturated rings. The lowest BCUT2D eigenvalue weighted by atomic mass is 10.2. The number of anilines is 2. The highest BCUT2D eigenvalue weighted by molar-refractivity contribution is 5.93. The van der Waals surface area contributed by atoms with Crippen LogP contribution in [0.15, 0.2) is 24.3 Å². The lowest BCUT2D eigenvalue weighted by molar-refractivity contribution is -0.116. The van der Waals surface area contributed by atoms with Crippen LogP contribution in [0.1, 0.15) is 26.2 Å². The van der Waals surface area contributed by atoms with E-state index in [0.29, 0.717) is 17.8 Å². The Morgan fingerprint density at radius 3 is 2.45 bits per heavy atom. The van der Waals surface area contributed by atoms with Gasteiger partial charge in [-0.25, -0.2) is 0 Å². The largest absolute Gasteiger partial charge is 0.326 e. The van der Waals surface area contributed by atoms with Crippen molar-refractivity contribution in [2.24, 2.45) is 0 Å². The van der Waals surface area contributed by atoms with Gasteiger partial charge in [-0.2, -0.15) is 0 Å². The topological polar surface area (TPSA) is 61.4 Å². The summed E-state index contributed by atoms with van der Waals surface area (Å²) in [4.78, 5) is 25.2. The number of nitrogens with zero attached hydrogens (tertiary/aromatic N) is 1. The maximum Gasteiger partial charge on any atom is 0.225 e. The van der Waals surface area contributed by atoms with Crippen molar-refractivity contribution in [2.45, 2.75) is 26.2 Å². The summed E-state index contributed by atoms with van der Waals surface area (Å²) in [6, 6.07) is 7.18. The average Bonchev–Trinajstić information content (AvgIpc) is 2.89. The molecule has 20 heavy (non-hydrogen) atoms. The molecule has 0 atom stereocenters. The molecule has 5 nitrogen and oxygen atoms in total. The minimum atomic E-state index is -0.123. The number of likely N-dealkylation sites (tertiary alicyclic amines) is 1. The predicted octanol–water partition coefficient (Wildman–Crippen LogP) is 2.07.